The third kappa shape index (κ3) is 5.90. The minimum Gasteiger partial charge on any atom is -0.468 e. The Morgan fingerprint density at radius 2 is 1.82 bits per heavy atom. The smallest absolute Gasteiger partial charge is 0.325 e. The van der Waals surface area contributed by atoms with Crippen molar-refractivity contribution in [1.82, 2.24) is 19.4 Å². The van der Waals surface area contributed by atoms with Crippen molar-refractivity contribution in [2.45, 2.75) is 65.3 Å². The van der Waals surface area contributed by atoms with E-state index in [1.807, 2.05) is 44.7 Å². The summed E-state index contributed by atoms with van der Waals surface area (Å²) in [5.41, 5.74) is 2.14. The van der Waals surface area contributed by atoms with Crippen LogP contribution in [0.1, 0.15) is 58.9 Å². The molecule has 1 aromatic carbocycles. The molecule has 8 heteroatoms. The zero-order valence-electron chi connectivity index (χ0n) is 21.5. The van der Waals surface area contributed by atoms with Crippen LogP contribution in [0.2, 0.25) is 0 Å². The molecule has 1 aliphatic heterocycles. The van der Waals surface area contributed by atoms with Gasteiger partial charge in [-0.2, -0.15) is 0 Å². The molecule has 1 N–H and O–H groups in total. The minimum atomic E-state index is -0.650. The predicted octanol–water partition coefficient (Wildman–Crippen LogP) is 3.64. The molecule has 0 aliphatic carbocycles. The fraction of sp³-hybridized carbons (Fsp3) is 0.654. The molecular formula is C26H41N5O3. The van der Waals surface area contributed by atoms with Crippen molar-refractivity contribution in [3.8, 4) is 0 Å². The van der Waals surface area contributed by atoms with Crippen molar-refractivity contribution in [1.29, 1.82) is 0 Å². The van der Waals surface area contributed by atoms with Crippen molar-refractivity contribution >= 4 is 28.9 Å². The number of methoxy groups -OCH3 is 1. The van der Waals surface area contributed by atoms with Gasteiger partial charge in [0.25, 0.3) is 0 Å². The number of rotatable bonds is 11. The molecule has 1 aromatic heterocycles. The van der Waals surface area contributed by atoms with E-state index in [-0.39, 0.29) is 18.4 Å². The normalized spacial score (nSPS) is 14.9. The lowest BCUT2D eigenvalue weighted by molar-refractivity contribution is -0.138. The van der Waals surface area contributed by atoms with Crippen molar-refractivity contribution < 1.29 is 14.3 Å². The van der Waals surface area contributed by atoms with Gasteiger partial charge in [-0.05, 0) is 84.3 Å². The van der Waals surface area contributed by atoms with Gasteiger partial charge in [-0.25, -0.2) is 4.98 Å². The Morgan fingerprint density at radius 3 is 2.47 bits per heavy atom. The van der Waals surface area contributed by atoms with E-state index in [9.17, 15) is 9.59 Å². The maximum absolute atomic E-state index is 13.2. The van der Waals surface area contributed by atoms with Gasteiger partial charge in [0.05, 0.1) is 23.6 Å². The number of carbonyl (C=O) groups excluding carboxylic acids is 2. The summed E-state index contributed by atoms with van der Waals surface area (Å²) >= 11 is 0. The molecule has 0 bridgehead atoms. The molecule has 188 valence electrons. The van der Waals surface area contributed by atoms with Crippen molar-refractivity contribution in [2.75, 3.05) is 51.7 Å². The molecule has 0 saturated carbocycles. The fourth-order valence-electron chi connectivity index (χ4n) is 4.76. The lowest BCUT2D eigenvalue weighted by atomic mass is 9.83. The molecule has 8 nitrogen and oxygen atoms in total. The molecule has 1 aliphatic rings. The third-order valence-electron chi connectivity index (χ3n) is 6.98. The highest BCUT2D eigenvalue weighted by atomic mass is 16.5. The molecule has 0 unspecified atom stereocenters. The molecule has 2 aromatic rings. The van der Waals surface area contributed by atoms with Crippen LogP contribution < -0.4 is 5.32 Å². The van der Waals surface area contributed by atoms with Gasteiger partial charge in [0, 0.05) is 19.6 Å². The summed E-state index contributed by atoms with van der Waals surface area (Å²) in [6.45, 7) is 13.6. The average Bonchev–Trinajstić information content (AvgIpc) is 3.20. The Morgan fingerprint density at radius 1 is 1.12 bits per heavy atom. The zero-order chi connectivity index (χ0) is 24.7. The van der Waals surface area contributed by atoms with Gasteiger partial charge < -0.3 is 24.4 Å². The number of anilines is 1. The van der Waals surface area contributed by atoms with Gasteiger partial charge in [-0.1, -0.05) is 12.5 Å². The molecule has 0 radical (unpaired) electrons. The SMILES string of the molecule is CCN(CC)C(=O)C(C)(C)c1ccc2nc(NCC(=O)OC)n(CCCN3CCCCC3)c2c1. The number of carbonyl (C=O) groups is 2. The number of benzene rings is 1. The van der Waals surface area contributed by atoms with Crippen molar-refractivity contribution in [3.05, 3.63) is 23.8 Å². The first-order valence-corrected chi connectivity index (χ1v) is 12.6. The van der Waals surface area contributed by atoms with Crippen molar-refractivity contribution in [2.24, 2.45) is 0 Å². The molecule has 1 saturated heterocycles. The molecule has 1 fully saturated rings. The number of esters is 1. The number of imidazole rings is 1. The number of nitrogens with one attached hydrogen (secondary N) is 1. The largest absolute Gasteiger partial charge is 0.468 e. The van der Waals surface area contributed by atoms with Crippen LogP contribution in [0.15, 0.2) is 18.2 Å². The van der Waals surface area contributed by atoms with Gasteiger partial charge >= 0.3 is 5.97 Å². The minimum absolute atomic E-state index is 0.0603. The topological polar surface area (TPSA) is 79.7 Å². The van der Waals surface area contributed by atoms with Crippen LogP contribution in [0.5, 0.6) is 0 Å². The number of hydrogen-bond donors (Lipinski definition) is 1. The highest BCUT2D eigenvalue weighted by Crippen LogP contribution is 2.30. The van der Waals surface area contributed by atoms with Crippen LogP contribution in [-0.4, -0.2) is 77.6 Å². The first kappa shape index (κ1) is 26.0. The summed E-state index contributed by atoms with van der Waals surface area (Å²) in [5, 5.41) is 3.15. The Hall–Kier alpha value is -2.61. The maximum Gasteiger partial charge on any atom is 0.325 e. The van der Waals surface area contributed by atoms with E-state index >= 15 is 0 Å². The quantitative estimate of drug-likeness (QED) is 0.504. The van der Waals surface area contributed by atoms with E-state index in [0.29, 0.717) is 19.0 Å². The Balaban J connectivity index is 1.90. The van der Waals surface area contributed by atoms with Gasteiger partial charge in [0.15, 0.2) is 0 Å². The summed E-state index contributed by atoms with van der Waals surface area (Å²) in [5.74, 6) is 0.444. The Kier molecular flexibility index (Phi) is 8.94. The summed E-state index contributed by atoms with van der Waals surface area (Å²) in [7, 11) is 1.38. The summed E-state index contributed by atoms with van der Waals surface area (Å²) in [4.78, 5) is 34.2. The van der Waals surface area contributed by atoms with Crippen molar-refractivity contribution in [3.63, 3.8) is 0 Å². The van der Waals surface area contributed by atoms with Gasteiger partial charge in [0.1, 0.15) is 6.54 Å². The van der Waals surface area contributed by atoms with Crippen LogP contribution >= 0.6 is 0 Å². The van der Waals surface area contributed by atoms with Gasteiger partial charge in [0.2, 0.25) is 11.9 Å². The number of amides is 1. The Bertz CT molecular complexity index is 974. The monoisotopic (exact) mass is 471 g/mol. The maximum atomic E-state index is 13.2. The number of likely N-dealkylation sites (N-methyl/N-ethyl adjacent to an activating group) is 1. The second kappa shape index (κ2) is 11.7. The van der Waals surface area contributed by atoms with E-state index in [1.54, 1.807) is 0 Å². The van der Waals surface area contributed by atoms with E-state index in [4.69, 9.17) is 9.72 Å². The molecule has 0 atom stereocenters. The second-order valence-electron chi connectivity index (χ2n) is 9.58. The summed E-state index contributed by atoms with van der Waals surface area (Å²) in [6.07, 6.45) is 4.87. The summed E-state index contributed by atoms with van der Waals surface area (Å²) in [6, 6.07) is 6.07. The number of fused-ring (bicyclic) bond motifs is 1. The standard InChI is InChI=1S/C26H41N5O3/c1-6-30(7-2)24(33)26(3,4)20-12-13-21-22(18-20)31(25(28-21)27-19-23(32)34-5)17-11-16-29-14-9-8-10-15-29/h12-13,18H,6-11,14-17,19H2,1-5H3,(H,27,28). The number of ether oxygens (including phenoxy) is 1. The highest BCUT2D eigenvalue weighted by Gasteiger charge is 2.33. The number of hydrogen-bond acceptors (Lipinski definition) is 6. The molecular weight excluding hydrogens is 430 g/mol. The third-order valence-corrected chi connectivity index (χ3v) is 6.98. The number of piperidine rings is 1. The lowest BCUT2D eigenvalue weighted by Gasteiger charge is -2.31. The van der Waals surface area contributed by atoms with Crippen LogP contribution in [0, 0.1) is 0 Å². The van der Waals surface area contributed by atoms with Crippen LogP contribution in [0.25, 0.3) is 11.0 Å². The van der Waals surface area contributed by atoms with Crippen LogP contribution in [0.3, 0.4) is 0 Å². The van der Waals surface area contributed by atoms with Crippen LogP contribution in [-0.2, 0) is 26.3 Å². The van der Waals surface area contributed by atoms with Gasteiger partial charge in [-0.3, -0.25) is 9.59 Å². The molecule has 34 heavy (non-hydrogen) atoms. The second-order valence-corrected chi connectivity index (χ2v) is 9.58. The van der Waals surface area contributed by atoms with E-state index in [2.05, 4.69) is 20.9 Å². The Labute approximate surface area is 203 Å². The fourth-order valence-corrected chi connectivity index (χ4v) is 4.76. The van der Waals surface area contributed by atoms with Gasteiger partial charge in [-0.15, -0.1) is 0 Å². The molecule has 1 amide bonds. The lowest BCUT2D eigenvalue weighted by Crippen LogP contribution is -2.43. The molecule has 2 heterocycles. The van der Waals surface area contributed by atoms with E-state index in [0.717, 1.165) is 36.1 Å². The summed E-state index contributed by atoms with van der Waals surface area (Å²) < 4.78 is 6.94. The van der Waals surface area contributed by atoms with E-state index in [1.165, 1.54) is 39.5 Å². The first-order valence-electron chi connectivity index (χ1n) is 12.6. The number of aromatic nitrogens is 2. The molecule has 0 spiro atoms. The first-order chi connectivity index (χ1) is 16.3. The highest BCUT2D eigenvalue weighted by molar-refractivity contribution is 5.89. The number of aryl methyl sites for hydroxylation is 1. The van der Waals surface area contributed by atoms with E-state index < -0.39 is 5.41 Å². The zero-order valence-corrected chi connectivity index (χ0v) is 21.5. The predicted molar refractivity (Wildman–Crippen MR) is 136 cm³/mol. The van der Waals surface area contributed by atoms with Crippen LogP contribution in [0.4, 0.5) is 5.95 Å². The average molecular weight is 472 g/mol. The molecule has 3 rings (SSSR count). The number of likely N-dealkylation sites (tertiary alicyclic amines) is 1. The number of nitrogens with zero attached hydrogens (tertiary/aromatic N) is 4.